The Labute approximate surface area is 76.7 Å². The molecule has 1 rings (SSSR count). The molecule has 0 fully saturated rings. The third-order valence-electron chi connectivity index (χ3n) is 1.46. The van der Waals surface area contributed by atoms with Gasteiger partial charge in [0.05, 0.1) is 0 Å². The lowest BCUT2D eigenvalue weighted by Gasteiger charge is -2.01. The highest BCUT2D eigenvalue weighted by Gasteiger charge is 2.39. The third-order valence-corrected chi connectivity index (χ3v) is 1.46. The highest BCUT2D eigenvalue weighted by atomic mass is 19.4. The molecule has 0 aliphatic heterocycles. The number of carbonyl (C=O) groups excluding carboxylic acids is 1. The SMILES string of the molecule is CC(=O)c1cc(C#N)c(C(F)(F)F)o1. The Bertz CT molecular complexity index is 411. The van der Waals surface area contributed by atoms with E-state index in [4.69, 9.17) is 5.26 Å². The molecule has 1 heterocycles. The molecule has 6 heteroatoms. The smallest absolute Gasteiger partial charge is 0.447 e. The van der Waals surface area contributed by atoms with Gasteiger partial charge in [0, 0.05) is 13.0 Å². The van der Waals surface area contributed by atoms with Gasteiger partial charge in [0.2, 0.25) is 5.76 Å². The van der Waals surface area contributed by atoms with Gasteiger partial charge in [-0.15, -0.1) is 0 Å². The molecule has 3 nitrogen and oxygen atoms in total. The number of halogens is 3. The second-order valence-electron chi connectivity index (χ2n) is 2.52. The summed E-state index contributed by atoms with van der Waals surface area (Å²) in [5.74, 6) is -2.55. The molecular weight excluding hydrogens is 199 g/mol. The minimum absolute atomic E-state index is 0.464. The maximum absolute atomic E-state index is 12.2. The Morgan fingerprint density at radius 1 is 1.57 bits per heavy atom. The second-order valence-corrected chi connectivity index (χ2v) is 2.52. The number of rotatable bonds is 1. The summed E-state index contributed by atoms with van der Waals surface area (Å²) in [5.41, 5.74) is -0.678. The Kier molecular flexibility index (Phi) is 2.34. The maximum atomic E-state index is 12.2. The molecule has 0 spiro atoms. The monoisotopic (exact) mass is 203 g/mol. The summed E-state index contributed by atoms with van der Waals surface area (Å²) in [6.07, 6.45) is -4.75. The van der Waals surface area contributed by atoms with Crippen molar-refractivity contribution < 1.29 is 22.4 Å². The zero-order valence-electron chi connectivity index (χ0n) is 6.97. The van der Waals surface area contributed by atoms with E-state index in [0.29, 0.717) is 0 Å². The molecule has 0 aliphatic rings. The van der Waals surface area contributed by atoms with Crippen molar-refractivity contribution >= 4 is 5.78 Å². The summed E-state index contributed by atoms with van der Waals surface area (Å²) < 4.78 is 40.7. The van der Waals surface area contributed by atoms with Gasteiger partial charge in [-0.25, -0.2) is 0 Å². The van der Waals surface area contributed by atoms with Crippen LogP contribution in [-0.2, 0) is 6.18 Å². The number of hydrogen-bond acceptors (Lipinski definition) is 3. The number of carbonyl (C=O) groups is 1. The van der Waals surface area contributed by atoms with Crippen molar-refractivity contribution in [3.05, 3.63) is 23.2 Å². The van der Waals surface area contributed by atoms with Crippen molar-refractivity contribution in [1.29, 1.82) is 5.26 Å². The molecule has 1 aromatic heterocycles. The molecule has 0 radical (unpaired) electrons. The molecule has 14 heavy (non-hydrogen) atoms. The normalized spacial score (nSPS) is 11.1. The molecule has 0 unspecified atom stereocenters. The number of furan rings is 1. The van der Waals surface area contributed by atoms with Gasteiger partial charge in [-0.3, -0.25) is 4.79 Å². The highest BCUT2D eigenvalue weighted by Crippen LogP contribution is 2.33. The molecule has 0 aliphatic carbocycles. The zero-order chi connectivity index (χ0) is 10.9. The number of Topliss-reactive ketones (excluding diaryl/α,β-unsaturated/α-hetero) is 1. The molecule has 0 saturated heterocycles. The standard InChI is InChI=1S/C8H4F3NO2/c1-4(13)6-2-5(3-12)7(14-6)8(9,10)11/h2H,1H3. The summed E-state index contributed by atoms with van der Waals surface area (Å²) in [6, 6.07) is 2.09. The molecule has 1 aromatic rings. The van der Waals surface area contributed by atoms with Gasteiger partial charge >= 0.3 is 6.18 Å². The van der Waals surface area contributed by atoms with E-state index in [0.717, 1.165) is 13.0 Å². The summed E-state index contributed by atoms with van der Waals surface area (Å²) in [5, 5.41) is 8.36. The topological polar surface area (TPSA) is 54.0 Å². The number of nitriles is 1. The van der Waals surface area contributed by atoms with E-state index in [1.807, 2.05) is 0 Å². The van der Waals surface area contributed by atoms with E-state index in [1.165, 1.54) is 6.07 Å². The van der Waals surface area contributed by atoms with Gasteiger partial charge in [0.1, 0.15) is 11.6 Å². The minimum Gasteiger partial charge on any atom is -0.447 e. The molecular formula is C8H4F3NO2. The van der Waals surface area contributed by atoms with Crippen molar-refractivity contribution in [1.82, 2.24) is 0 Å². The van der Waals surface area contributed by atoms with Crippen molar-refractivity contribution in [3.8, 4) is 6.07 Å². The van der Waals surface area contributed by atoms with Crippen LogP contribution in [0.15, 0.2) is 10.5 Å². The fourth-order valence-electron chi connectivity index (χ4n) is 0.858. The van der Waals surface area contributed by atoms with Gasteiger partial charge in [-0.05, 0) is 0 Å². The van der Waals surface area contributed by atoms with Gasteiger partial charge in [-0.2, -0.15) is 18.4 Å². The predicted octanol–water partition coefficient (Wildman–Crippen LogP) is 2.37. The first-order valence-electron chi connectivity index (χ1n) is 3.48. The van der Waals surface area contributed by atoms with Crippen LogP contribution in [0.1, 0.15) is 28.8 Å². The molecule has 0 N–H and O–H groups in total. The molecule has 0 saturated carbocycles. The van der Waals surface area contributed by atoms with Crippen LogP contribution >= 0.6 is 0 Å². The highest BCUT2D eigenvalue weighted by molar-refractivity contribution is 5.91. The Hall–Kier alpha value is -1.77. The summed E-state index contributed by atoms with van der Waals surface area (Å²) in [4.78, 5) is 10.7. The first-order chi connectivity index (χ1) is 6.36. The molecule has 0 aromatic carbocycles. The van der Waals surface area contributed by atoms with Crippen molar-refractivity contribution in [2.45, 2.75) is 13.1 Å². The van der Waals surface area contributed by atoms with E-state index in [1.54, 1.807) is 0 Å². The second kappa shape index (κ2) is 3.18. The van der Waals surface area contributed by atoms with Crippen LogP contribution in [0.4, 0.5) is 13.2 Å². The van der Waals surface area contributed by atoms with E-state index in [2.05, 4.69) is 4.42 Å². The quantitative estimate of drug-likeness (QED) is 0.658. The summed E-state index contributed by atoms with van der Waals surface area (Å²) in [6.45, 7) is 1.06. The Morgan fingerprint density at radius 2 is 2.14 bits per heavy atom. The van der Waals surface area contributed by atoms with Crippen LogP contribution in [0.3, 0.4) is 0 Å². The van der Waals surface area contributed by atoms with Crippen LogP contribution in [0.25, 0.3) is 0 Å². The van der Waals surface area contributed by atoms with Gasteiger partial charge in [0.15, 0.2) is 11.5 Å². The summed E-state index contributed by atoms with van der Waals surface area (Å²) >= 11 is 0. The first-order valence-corrected chi connectivity index (χ1v) is 3.48. The molecule has 0 amide bonds. The van der Waals surface area contributed by atoms with E-state index in [-0.39, 0.29) is 0 Å². The largest absolute Gasteiger partial charge is 0.450 e. The Balaban J connectivity index is 3.31. The van der Waals surface area contributed by atoms with Gasteiger partial charge in [0.25, 0.3) is 0 Å². The van der Waals surface area contributed by atoms with Crippen molar-refractivity contribution in [2.75, 3.05) is 0 Å². The van der Waals surface area contributed by atoms with Crippen LogP contribution in [0, 0.1) is 11.3 Å². The lowest BCUT2D eigenvalue weighted by molar-refractivity contribution is -0.153. The number of ketones is 1. The van der Waals surface area contributed by atoms with Gasteiger partial charge in [-0.1, -0.05) is 0 Å². The predicted molar refractivity (Wildman–Crippen MR) is 38.4 cm³/mol. The first kappa shape index (κ1) is 10.3. The molecule has 0 atom stereocenters. The van der Waals surface area contributed by atoms with Crippen molar-refractivity contribution in [2.24, 2.45) is 0 Å². The number of alkyl halides is 3. The maximum Gasteiger partial charge on any atom is 0.450 e. The van der Waals surface area contributed by atoms with Crippen LogP contribution < -0.4 is 0 Å². The lowest BCUT2D eigenvalue weighted by Crippen LogP contribution is -2.05. The number of nitrogens with zero attached hydrogens (tertiary/aromatic N) is 1. The van der Waals surface area contributed by atoms with Crippen LogP contribution in [0.2, 0.25) is 0 Å². The zero-order valence-corrected chi connectivity index (χ0v) is 6.97. The Morgan fingerprint density at radius 3 is 2.43 bits per heavy atom. The lowest BCUT2D eigenvalue weighted by atomic mass is 10.2. The van der Waals surface area contributed by atoms with E-state index in [9.17, 15) is 18.0 Å². The fraction of sp³-hybridized carbons (Fsp3) is 0.250. The van der Waals surface area contributed by atoms with Gasteiger partial charge < -0.3 is 4.42 Å². The summed E-state index contributed by atoms with van der Waals surface area (Å²) in [7, 11) is 0. The van der Waals surface area contributed by atoms with Crippen LogP contribution in [-0.4, -0.2) is 5.78 Å². The average molecular weight is 203 g/mol. The van der Waals surface area contributed by atoms with Crippen LogP contribution in [0.5, 0.6) is 0 Å². The van der Waals surface area contributed by atoms with Crippen molar-refractivity contribution in [3.63, 3.8) is 0 Å². The third kappa shape index (κ3) is 1.76. The molecule has 0 bridgehead atoms. The fourth-order valence-corrected chi connectivity index (χ4v) is 0.858. The van der Waals surface area contributed by atoms with E-state index >= 15 is 0 Å². The van der Waals surface area contributed by atoms with E-state index < -0.39 is 29.0 Å². The number of hydrogen-bond donors (Lipinski definition) is 0. The minimum atomic E-state index is -4.75. The average Bonchev–Trinajstić information content (AvgIpc) is 2.46. The molecule has 74 valence electrons.